The normalized spacial score (nSPS) is 28.4. The lowest BCUT2D eigenvalue weighted by Gasteiger charge is -2.37. The number of rotatable bonds is 1. The van der Waals surface area contributed by atoms with Gasteiger partial charge in [0.05, 0.1) is 0 Å². The third-order valence-corrected chi connectivity index (χ3v) is 4.36. The van der Waals surface area contributed by atoms with Crippen molar-refractivity contribution in [1.82, 2.24) is 0 Å². The van der Waals surface area contributed by atoms with Gasteiger partial charge in [-0.2, -0.15) is 0 Å². The van der Waals surface area contributed by atoms with Crippen molar-refractivity contribution in [3.8, 4) is 0 Å². The molecule has 0 heterocycles. The monoisotopic (exact) mass is 239 g/mol. The SMILES string of the molecule is CC1CCCC(N)(c2ccc3ccccc3c2)C1. The lowest BCUT2D eigenvalue weighted by molar-refractivity contribution is 0.239. The van der Waals surface area contributed by atoms with E-state index in [1.165, 1.54) is 29.2 Å². The molecule has 0 aromatic heterocycles. The summed E-state index contributed by atoms with van der Waals surface area (Å²) in [5.74, 6) is 0.746. The van der Waals surface area contributed by atoms with Gasteiger partial charge in [0.15, 0.2) is 0 Å². The first kappa shape index (κ1) is 11.7. The molecule has 2 aromatic carbocycles. The minimum absolute atomic E-state index is 0.109. The Balaban J connectivity index is 2.02. The van der Waals surface area contributed by atoms with Crippen LogP contribution in [-0.4, -0.2) is 0 Å². The highest BCUT2D eigenvalue weighted by Crippen LogP contribution is 2.38. The standard InChI is InChI=1S/C17H21N/c1-13-5-4-10-17(18,12-13)16-9-8-14-6-2-3-7-15(14)11-16/h2-3,6-9,11,13H,4-5,10,12,18H2,1H3. The zero-order valence-corrected chi connectivity index (χ0v) is 11.0. The van der Waals surface area contributed by atoms with Gasteiger partial charge in [-0.1, -0.05) is 56.2 Å². The average Bonchev–Trinajstić information content (AvgIpc) is 2.38. The molecule has 1 heteroatoms. The van der Waals surface area contributed by atoms with Crippen molar-refractivity contribution >= 4 is 10.8 Å². The Kier molecular flexibility index (Phi) is 2.87. The fourth-order valence-corrected chi connectivity index (χ4v) is 3.35. The van der Waals surface area contributed by atoms with Gasteiger partial charge in [0, 0.05) is 5.54 Å². The Morgan fingerprint density at radius 3 is 2.67 bits per heavy atom. The Morgan fingerprint density at radius 2 is 1.89 bits per heavy atom. The van der Waals surface area contributed by atoms with E-state index in [0.717, 1.165) is 18.8 Å². The molecule has 0 aliphatic heterocycles. The number of benzene rings is 2. The maximum absolute atomic E-state index is 6.66. The van der Waals surface area contributed by atoms with Gasteiger partial charge in [-0.25, -0.2) is 0 Å². The molecule has 18 heavy (non-hydrogen) atoms. The van der Waals surface area contributed by atoms with Gasteiger partial charge in [0.2, 0.25) is 0 Å². The molecular formula is C17H21N. The molecule has 1 saturated carbocycles. The third kappa shape index (κ3) is 2.04. The van der Waals surface area contributed by atoms with Crippen molar-refractivity contribution in [3.63, 3.8) is 0 Å². The van der Waals surface area contributed by atoms with Gasteiger partial charge in [-0.3, -0.25) is 0 Å². The summed E-state index contributed by atoms with van der Waals surface area (Å²) >= 11 is 0. The van der Waals surface area contributed by atoms with E-state index in [0.29, 0.717) is 0 Å². The van der Waals surface area contributed by atoms with Crippen LogP contribution in [-0.2, 0) is 5.54 Å². The summed E-state index contributed by atoms with van der Waals surface area (Å²) in [5, 5.41) is 2.60. The van der Waals surface area contributed by atoms with Crippen LogP contribution in [0.25, 0.3) is 10.8 Å². The molecule has 2 unspecified atom stereocenters. The zero-order chi connectivity index (χ0) is 12.6. The van der Waals surface area contributed by atoms with Crippen molar-refractivity contribution in [1.29, 1.82) is 0 Å². The second kappa shape index (κ2) is 4.40. The first-order valence-corrected chi connectivity index (χ1v) is 6.96. The largest absolute Gasteiger partial charge is 0.321 e. The quantitative estimate of drug-likeness (QED) is 0.793. The number of hydrogen-bond donors (Lipinski definition) is 1. The predicted octanol–water partition coefficient (Wildman–Crippen LogP) is 4.20. The Hall–Kier alpha value is -1.34. The smallest absolute Gasteiger partial charge is 0.0412 e. The summed E-state index contributed by atoms with van der Waals surface area (Å²) in [6.45, 7) is 2.32. The summed E-state index contributed by atoms with van der Waals surface area (Å²) in [5.41, 5.74) is 7.87. The molecule has 2 aromatic rings. The molecule has 2 N–H and O–H groups in total. The van der Waals surface area contributed by atoms with Gasteiger partial charge in [0.25, 0.3) is 0 Å². The van der Waals surface area contributed by atoms with E-state index in [9.17, 15) is 0 Å². The molecule has 1 aliphatic rings. The molecule has 0 amide bonds. The van der Waals surface area contributed by atoms with Crippen LogP contribution in [0.1, 0.15) is 38.2 Å². The molecule has 2 atom stereocenters. The highest BCUT2D eigenvalue weighted by molar-refractivity contribution is 5.83. The number of nitrogens with two attached hydrogens (primary N) is 1. The molecule has 1 nitrogen and oxygen atoms in total. The summed E-state index contributed by atoms with van der Waals surface area (Å²) in [7, 11) is 0. The topological polar surface area (TPSA) is 26.0 Å². The molecule has 0 spiro atoms. The van der Waals surface area contributed by atoms with Crippen molar-refractivity contribution in [2.24, 2.45) is 11.7 Å². The maximum atomic E-state index is 6.66. The molecule has 94 valence electrons. The van der Waals surface area contributed by atoms with Crippen LogP contribution in [0.2, 0.25) is 0 Å². The maximum Gasteiger partial charge on any atom is 0.0412 e. The minimum Gasteiger partial charge on any atom is -0.321 e. The summed E-state index contributed by atoms with van der Waals surface area (Å²) in [4.78, 5) is 0. The van der Waals surface area contributed by atoms with Crippen molar-refractivity contribution in [2.45, 2.75) is 38.1 Å². The van der Waals surface area contributed by atoms with Gasteiger partial charge < -0.3 is 5.73 Å². The lowest BCUT2D eigenvalue weighted by Crippen LogP contribution is -2.40. The summed E-state index contributed by atoms with van der Waals surface area (Å²) < 4.78 is 0. The van der Waals surface area contributed by atoms with Crippen LogP contribution in [0, 0.1) is 5.92 Å². The third-order valence-electron chi connectivity index (χ3n) is 4.36. The Labute approximate surface area is 109 Å². The van der Waals surface area contributed by atoms with Crippen LogP contribution in [0.15, 0.2) is 42.5 Å². The van der Waals surface area contributed by atoms with Gasteiger partial charge >= 0.3 is 0 Å². The summed E-state index contributed by atoms with van der Waals surface area (Å²) in [6, 6.07) is 15.2. The average molecular weight is 239 g/mol. The van der Waals surface area contributed by atoms with E-state index in [1.54, 1.807) is 0 Å². The molecule has 1 fully saturated rings. The van der Waals surface area contributed by atoms with Crippen LogP contribution < -0.4 is 5.73 Å². The van der Waals surface area contributed by atoms with E-state index in [1.807, 2.05) is 0 Å². The molecule has 0 saturated heterocycles. The lowest BCUT2D eigenvalue weighted by atomic mass is 9.73. The van der Waals surface area contributed by atoms with Crippen LogP contribution in [0.3, 0.4) is 0 Å². The highest BCUT2D eigenvalue weighted by Gasteiger charge is 2.32. The molecule has 1 aliphatic carbocycles. The van der Waals surface area contributed by atoms with Crippen molar-refractivity contribution in [3.05, 3.63) is 48.0 Å². The number of fused-ring (bicyclic) bond motifs is 1. The first-order chi connectivity index (χ1) is 8.67. The molecule has 3 rings (SSSR count). The van der Waals surface area contributed by atoms with E-state index in [2.05, 4.69) is 49.4 Å². The van der Waals surface area contributed by atoms with Crippen LogP contribution in [0.5, 0.6) is 0 Å². The first-order valence-electron chi connectivity index (χ1n) is 6.96. The fraction of sp³-hybridized carbons (Fsp3) is 0.412. The highest BCUT2D eigenvalue weighted by atomic mass is 14.7. The second-order valence-corrected chi connectivity index (χ2v) is 5.92. The van der Waals surface area contributed by atoms with E-state index < -0.39 is 0 Å². The fourth-order valence-electron chi connectivity index (χ4n) is 3.35. The van der Waals surface area contributed by atoms with E-state index in [-0.39, 0.29) is 5.54 Å². The van der Waals surface area contributed by atoms with Crippen molar-refractivity contribution < 1.29 is 0 Å². The van der Waals surface area contributed by atoms with Crippen molar-refractivity contribution in [2.75, 3.05) is 0 Å². The minimum atomic E-state index is -0.109. The molecule has 0 bridgehead atoms. The molecular weight excluding hydrogens is 218 g/mol. The summed E-state index contributed by atoms with van der Waals surface area (Å²) in [6.07, 6.45) is 4.82. The molecule has 0 radical (unpaired) electrons. The van der Waals surface area contributed by atoms with Crippen LogP contribution >= 0.6 is 0 Å². The van der Waals surface area contributed by atoms with Gasteiger partial charge in [-0.15, -0.1) is 0 Å². The van der Waals surface area contributed by atoms with E-state index in [4.69, 9.17) is 5.73 Å². The predicted molar refractivity (Wildman–Crippen MR) is 77.4 cm³/mol. The van der Waals surface area contributed by atoms with Crippen LogP contribution in [0.4, 0.5) is 0 Å². The number of hydrogen-bond acceptors (Lipinski definition) is 1. The van der Waals surface area contributed by atoms with E-state index >= 15 is 0 Å². The Bertz CT molecular complexity index is 560. The zero-order valence-electron chi connectivity index (χ0n) is 11.0. The van der Waals surface area contributed by atoms with Gasteiger partial charge in [-0.05, 0) is 41.2 Å². The Morgan fingerprint density at radius 1 is 1.11 bits per heavy atom. The van der Waals surface area contributed by atoms with Gasteiger partial charge in [0.1, 0.15) is 0 Å². The second-order valence-electron chi connectivity index (χ2n) is 5.92.